The van der Waals surface area contributed by atoms with Gasteiger partial charge in [-0.25, -0.2) is 9.97 Å². The van der Waals surface area contributed by atoms with Crippen LogP contribution in [0, 0.1) is 0 Å². The molecule has 0 spiro atoms. The maximum atomic E-state index is 6.84. The molecule has 3 aromatic heterocycles. The Labute approximate surface area is 269 Å². The molecule has 10 rings (SSSR count). The minimum absolute atomic E-state index is 0.106. The molecule has 0 saturated carbocycles. The molecule has 0 amide bonds. The lowest BCUT2D eigenvalue weighted by molar-refractivity contribution is 0.553. The van der Waals surface area contributed by atoms with Crippen LogP contribution in [0.4, 0.5) is 0 Å². The molecule has 1 aliphatic rings. The number of hydrogen-bond donors (Lipinski definition) is 0. The highest BCUT2D eigenvalue weighted by Gasteiger charge is 2.40. The van der Waals surface area contributed by atoms with Crippen LogP contribution in [0.25, 0.3) is 86.8 Å². The first-order chi connectivity index (χ1) is 22.6. The van der Waals surface area contributed by atoms with Crippen molar-refractivity contribution in [3.05, 3.63) is 132 Å². The molecule has 0 saturated heterocycles. The SMILES string of the molecule is CCC1(C)c2ccccc2-c2ccc3c(oc4cc(-c5nc(-c6ccc7ccccc7c6)c6sc7ccccc7c6n5)ccc43)c21. The molecule has 4 heteroatoms. The van der Waals surface area contributed by atoms with E-state index in [1.54, 1.807) is 11.3 Å². The quantitative estimate of drug-likeness (QED) is 0.200. The first kappa shape index (κ1) is 26.0. The monoisotopic (exact) mass is 608 g/mol. The molecule has 1 unspecified atom stereocenters. The van der Waals surface area contributed by atoms with Crippen LogP contribution in [0.15, 0.2) is 126 Å². The van der Waals surface area contributed by atoms with Gasteiger partial charge >= 0.3 is 0 Å². The van der Waals surface area contributed by atoms with Crippen molar-refractivity contribution in [2.45, 2.75) is 25.7 Å². The summed E-state index contributed by atoms with van der Waals surface area (Å²) in [4.78, 5) is 10.5. The molecular weight excluding hydrogens is 581 g/mol. The number of nitrogens with zero attached hydrogens (tertiary/aromatic N) is 2. The lowest BCUT2D eigenvalue weighted by Gasteiger charge is -2.25. The Morgan fingerprint density at radius 3 is 2.37 bits per heavy atom. The average Bonchev–Trinajstić information content (AvgIpc) is 3.75. The molecule has 1 aliphatic carbocycles. The smallest absolute Gasteiger partial charge is 0.160 e. The molecule has 0 bridgehead atoms. The van der Waals surface area contributed by atoms with Gasteiger partial charge in [0.1, 0.15) is 11.2 Å². The van der Waals surface area contributed by atoms with Crippen LogP contribution in [-0.2, 0) is 5.41 Å². The first-order valence-corrected chi connectivity index (χ1v) is 16.7. The van der Waals surface area contributed by atoms with Crippen molar-refractivity contribution in [1.82, 2.24) is 9.97 Å². The number of furan rings is 1. The van der Waals surface area contributed by atoms with Gasteiger partial charge in [-0.2, -0.15) is 0 Å². The van der Waals surface area contributed by atoms with E-state index in [1.165, 1.54) is 37.7 Å². The lowest BCUT2D eigenvalue weighted by Crippen LogP contribution is -2.19. The summed E-state index contributed by atoms with van der Waals surface area (Å²) in [5.74, 6) is 0.706. The maximum absolute atomic E-state index is 6.84. The molecule has 0 radical (unpaired) electrons. The molecule has 6 aromatic carbocycles. The van der Waals surface area contributed by atoms with Gasteiger partial charge in [0, 0.05) is 43.0 Å². The Kier molecular flexibility index (Phi) is 5.28. The summed E-state index contributed by atoms with van der Waals surface area (Å²) in [5.41, 5.74) is 11.0. The molecule has 3 heterocycles. The minimum atomic E-state index is -0.106. The molecule has 218 valence electrons. The van der Waals surface area contributed by atoms with Crippen LogP contribution in [0.1, 0.15) is 31.4 Å². The minimum Gasteiger partial charge on any atom is -0.456 e. The van der Waals surface area contributed by atoms with E-state index in [1.807, 2.05) is 0 Å². The zero-order chi connectivity index (χ0) is 30.6. The van der Waals surface area contributed by atoms with E-state index >= 15 is 0 Å². The Balaban J connectivity index is 1.20. The van der Waals surface area contributed by atoms with Crippen molar-refractivity contribution in [2.24, 2.45) is 0 Å². The Hall–Kier alpha value is -5.32. The van der Waals surface area contributed by atoms with E-state index in [9.17, 15) is 0 Å². The largest absolute Gasteiger partial charge is 0.456 e. The van der Waals surface area contributed by atoms with E-state index in [4.69, 9.17) is 14.4 Å². The van der Waals surface area contributed by atoms with E-state index in [-0.39, 0.29) is 5.41 Å². The fraction of sp³-hybridized carbons (Fsp3) is 0.0952. The number of hydrogen-bond acceptors (Lipinski definition) is 4. The first-order valence-electron chi connectivity index (χ1n) is 15.9. The summed E-state index contributed by atoms with van der Waals surface area (Å²) in [6.45, 7) is 4.64. The summed E-state index contributed by atoms with van der Waals surface area (Å²) >= 11 is 1.76. The Bertz CT molecular complexity index is 2720. The van der Waals surface area contributed by atoms with Crippen molar-refractivity contribution in [3.8, 4) is 33.8 Å². The van der Waals surface area contributed by atoms with Gasteiger partial charge in [-0.1, -0.05) is 105 Å². The fourth-order valence-corrected chi connectivity index (χ4v) is 8.86. The molecule has 0 fully saturated rings. The van der Waals surface area contributed by atoms with Crippen molar-refractivity contribution in [3.63, 3.8) is 0 Å². The van der Waals surface area contributed by atoms with Crippen molar-refractivity contribution in [1.29, 1.82) is 0 Å². The summed E-state index contributed by atoms with van der Waals surface area (Å²) < 4.78 is 9.16. The van der Waals surface area contributed by atoms with Gasteiger partial charge in [-0.05, 0) is 64.2 Å². The van der Waals surface area contributed by atoms with Gasteiger partial charge in [0.2, 0.25) is 0 Å². The third kappa shape index (κ3) is 3.48. The van der Waals surface area contributed by atoms with E-state index in [2.05, 4.69) is 135 Å². The fourth-order valence-electron chi connectivity index (χ4n) is 7.70. The van der Waals surface area contributed by atoms with Gasteiger partial charge < -0.3 is 4.42 Å². The number of rotatable bonds is 3. The van der Waals surface area contributed by atoms with Crippen molar-refractivity contribution < 1.29 is 4.42 Å². The van der Waals surface area contributed by atoms with E-state index in [0.717, 1.165) is 60.8 Å². The Morgan fingerprint density at radius 1 is 0.674 bits per heavy atom. The third-order valence-corrected chi connectivity index (χ3v) is 11.4. The van der Waals surface area contributed by atoms with Crippen molar-refractivity contribution in [2.75, 3.05) is 0 Å². The van der Waals surface area contributed by atoms with Gasteiger partial charge in [-0.15, -0.1) is 11.3 Å². The van der Waals surface area contributed by atoms with E-state index in [0.29, 0.717) is 5.82 Å². The van der Waals surface area contributed by atoms with Crippen molar-refractivity contribution >= 4 is 64.4 Å². The molecule has 1 atom stereocenters. The summed E-state index contributed by atoms with van der Waals surface area (Å²) in [5, 5.41) is 5.86. The lowest BCUT2D eigenvalue weighted by atomic mass is 9.77. The standard InChI is InChI=1S/C42H28N2OS/c1-3-42(2)33-14-8-6-12-28(33)30-20-21-31-29-19-18-27(23-34(29)45-39(31)36(30)42)41-43-37(26-17-16-24-10-4-5-11-25(24)22-26)40-38(44-41)32-13-7-9-15-35(32)46-40/h4-23H,3H2,1-2H3. The molecule has 0 aliphatic heterocycles. The molecule has 46 heavy (non-hydrogen) atoms. The molecule has 9 aromatic rings. The zero-order valence-electron chi connectivity index (χ0n) is 25.5. The highest BCUT2D eigenvalue weighted by Crippen LogP contribution is 2.54. The van der Waals surface area contributed by atoms with Gasteiger partial charge in [-0.3, -0.25) is 0 Å². The van der Waals surface area contributed by atoms with Gasteiger partial charge in [0.15, 0.2) is 5.82 Å². The topological polar surface area (TPSA) is 38.9 Å². The molecule has 3 nitrogen and oxygen atoms in total. The number of fused-ring (bicyclic) bond motifs is 11. The van der Waals surface area contributed by atoms with Crippen LogP contribution in [0.2, 0.25) is 0 Å². The average molecular weight is 609 g/mol. The number of thiophene rings is 1. The number of benzene rings is 6. The Morgan fingerprint density at radius 2 is 1.46 bits per heavy atom. The molecular formula is C42H28N2OS. The normalized spacial score (nSPS) is 15.8. The number of aromatic nitrogens is 2. The highest BCUT2D eigenvalue weighted by molar-refractivity contribution is 7.26. The maximum Gasteiger partial charge on any atom is 0.160 e. The summed E-state index contributed by atoms with van der Waals surface area (Å²) in [7, 11) is 0. The van der Waals surface area contributed by atoms with Crippen LogP contribution in [-0.4, -0.2) is 9.97 Å². The second kappa shape index (κ2) is 9.35. The van der Waals surface area contributed by atoms with E-state index < -0.39 is 0 Å². The highest BCUT2D eigenvalue weighted by atomic mass is 32.1. The third-order valence-electron chi connectivity index (χ3n) is 10.2. The second-order valence-electron chi connectivity index (χ2n) is 12.6. The van der Waals surface area contributed by atoms with Gasteiger partial charge in [0.05, 0.1) is 15.9 Å². The second-order valence-corrected chi connectivity index (χ2v) is 13.7. The zero-order valence-corrected chi connectivity index (χ0v) is 26.3. The molecule has 0 N–H and O–H groups in total. The summed E-state index contributed by atoms with van der Waals surface area (Å²) in [6, 6.07) is 43.4. The van der Waals surface area contributed by atoms with Crippen LogP contribution < -0.4 is 0 Å². The predicted molar refractivity (Wildman–Crippen MR) is 193 cm³/mol. The predicted octanol–water partition coefficient (Wildman–Crippen LogP) is 11.9. The van der Waals surface area contributed by atoms with Crippen LogP contribution >= 0.6 is 11.3 Å². The summed E-state index contributed by atoms with van der Waals surface area (Å²) in [6.07, 6.45) is 0.998. The van der Waals surface area contributed by atoms with Crippen LogP contribution in [0.3, 0.4) is 0 Å². The van der Waals surface area contributed by atoms with Gasteiger partial charge in [0.25, 0.3) is 0 Å². The van der Waals surface area contributed by atoms with Crippen LogP contribution in [0.5, 0.6) is 0 Å².